The first-order valence-corrected chi connectivity index (χ1v) is 12.1. The first kappa shape index (κ1) is 23.6. The number of amides is 1. The Labute approximate surface area is 203 Å². The van der Waals surface area contributed by atoms with Crippen molar-refractivity contribution in [2.75, 3.05) is 13.7 Å². The molecule has 1 amide bonds. The highest BCUT2D eigenvalue weighted by molar-refractivity contribution is 7.98. The quantitative estimate of drug-likeness (QED) is 0.286. The summed E-state index contributed by atoms with van der Waals surface area (Å²) in [6.45, 7) is 4.67. The number of benzene rings is 3. The van der Waals surface area contributed by atoms with E-state index in [0.29, 0.717) is 51.3 Å². The van der Waals surface area contributed by atoms with E-state index in [-0.39, 0.29) is 11.5 Å². The largest absolute Gasteiger partial charge is 0.497 e. The predicted octanol–water partition coefficient (Wildman–Crippen LogP) is 5.07. The van der Waals surface area contributed by atoms with Crippen molar-refractivity contribution >= 4 is 28.6 Å². The van der Waals surface area contributed by atoms with Crippen LogP contribution in [-0.4, -0.2) is 29.1 Å². The minimum atomic E-state index is -0.181. The minimum absolute atomic E-state index is 0.171. The lowest BCUT2D eigenvalue weighted by atomic mass is 10.1. The van der Waals surface area contributed by atoms with Crippen molar-refractivity contribution < 1.29 is 9.53 Å². The van der Waals surface area contributed by atoms with Crippen LogP contribution in [0, 0.1) is 5.92 Å². The Kier molecular flexibility index (Phi) is 7.33. The lowest BCUT2D eigenvalue weighted by Gasteiger charge is -2.14. The second-order valence-electron chi connectivity index (χ2n) is 8.34. The second-order valence-corrected chi connectivity index (χ2v) is 9.29. The number of ether oxygens (including phenoxy) is 1. The molecule has 0 saturated heterocycles. The maximum absolute atomic E-state index is 13.6. The van der Waals surface area contributed by atoms with Crippen molar-refractivity contribution in [2.45, 2.75) is 24.8 Å². The van der Waals surface area contributed by atoms with Gasteiger partial charge in [0.1, 0.15) is 5.75 Å². The van der Waals surface area contributed by atoms with Gasteiger partial charge in [0.2, 0.25) is 0 Å². The van der Waals surface area contributed by atoms with Crippen LogP contribution in [-0.2, 0) is 5.75 Å². The number of hydrogen-bond donors (Lipinski definition) is 1. The van der Waals surface area contributed by atoms with Crippen LogP contribution in [0.2, 0.25) is 0 Å². The molecule has 3 aromatic carbocycles. The van der Waals surface area contributed by atoms with E-state index in [0.717, 1.165) is 5.56 Å². The predicted molar refractivity (Wildman–Crippen MR) is 137 cm³/mol. The van der Waals surface area contributed by atoms with Crippen LogP contribution in [0.5, 0.6) is 5.75 Å². The molecule has 0 fully saturated rings. The van der Waals surface area contributed by atoms with E-state index >= 15 is 0 Å². The number of carbonyl (C=O) groups is 1. The van der Waals surface area contributed by atoms with Crippen LogP contribution >= 0.6 is 11.8 Å². The molecule has 0 aliphatic rings. The van der Waals surface area contributed by atoms with E-state index in [1.807, 2.05) is 68.4 Å². The molecule has 0 atom stereocenters. The van der Waals surface area contributed by atoms with Crippen molar-refractivity contribution in [1.82, 2.24) is 14.9 Å². The number of nitrogens with one attached hydrogen (secondary N) is 1. The molecule has 0 saturated carbocycles. The highest BCUT2D eigenvalue weighted by atomic mass is 32.2. The topological polar surface area (TPSA) is 73.2 Å². The maximum Gasteiger partial charge on any atom is 0.266 e. The zero-order valence-corrected chi connectivity index (χ0v) is 20.3. The Bertz CT molecular complexity index is 1350. The number of fused-ring (bicyclic) bond motifs is 1. The van der Waals surface area contributed by atoms with Crippen molar-refractivity contribution in [2.24, 2.45) is 5.92 Å². The van der Waals surface area contributed by atoms with E-state index in [2.05, 4.69) is 5.32 Å². The van der Waals surface area contributed by atoms with Gasteiger partial charge < -0.3 is 10.1 Å². The van der Waals surface area contributed by atoms with E-state index in [1.54, 1.807) is 29.9 Å². The molecular formula is C27H27N3O3S. The summed E-state index contributed by atoms with van der Waals surface area (Å²) in [5, 5.41) is 3.94. The summed E-state index contributed by atoms with van der Waals surface area (Å²) in [6, 6.07) is 22.4. The zero-order valence-electron chi connectivity index (χ0n) is 19.4. The van der Waals surface area contributed by atoms with Crippen LogP contribution in [0.25, 0.3) is 16.6 Å². The number of methoxy groups -OCH3 is 1. The third-order valence-corrected chi connectivity index (χ3v) is 6.32. The van der Waals surface area contributed by atoms with Gasteiger partial charge in [-0.25, -0.2) is 4.98 Å². The summed E-state index contributed by atoms with van der Waals surface area (Å²) in [6.07, 6.45) is 0. The number of carbonyl (C=O) groups excluding carboxylic acids is 1. The van der Waals surface area contributed by atoms with Crippen LogP contribution in [0.1, 0.15) is 29.8 Å². The minimum Gasteiger partial charge on any atom is -0.497 e. The van der Waals surface area contributed by atoms with Gasteiger partial charge in [0.15, 0.2) is 5.16 Å². The van der Waals surface area contributed by atoms with Gasteiger partial charge in [0, 0.05) is 17.9 Å². The SMILES string of the molecule is COc1ccc(-n2c(SCc3ccccc3)nc3cc(C(=O)NCC(C)C)ccc3c2=O)cc1. The van der Waals surface area contributed by atoms with E-state index in [1.165, 1.54) is 11.8 Å². The molecule has 0 radical (unpaired) electrons. The number of rotatable bonds is 8. The first-order valence-electron chi connectivity index (χ1n) is 11.1. The molecule has 0 bridgehead atoms. The number of hydrogen-bond acceptors (Lipinski definition) is 5. The van der Waals surface area contributed by atoms with Gasteiger partial charge in [-0.3, -0.25) is 14.2 Å². The molecule has 34 heavy (non-hydrogen) atoms. The monoisotopic (exact) mass is 473 g/mol. The molecular weight excluding hydrogens is 446 g/mol. The van der Waals surface area contributed by atoms with E-state index < -0.39 is 0 Å². The first-order chi connectivity index (χ1) is 16.5. The molecule has 174 valence electrons. The fourth-order valence-electron chi connectivity index (χ4n) is 3.48. The summed E-state index contributed by atoms with van der Waals surface area (Å²) in [5.41, 5.74) is 2.64. The Balaban J connectivity index is 1.78. The molecule has 4 aromatic rings. The molecule has 1 aromatic heterocycles. The van der Waals surface area contributed by atoms with Crippen LogP contribution in [0.3, 0.4) is 0 Å². The molecule has 6 nitrogen and oxygen atoms in total. The highest BCUT2D eigenvalue weighted by Crippen LogP contribution is 2.26. The van der Waals surface area contributed by atoms with Gasteiger partial charge in [-0.1, -0.05) is 55.9 Å². The molecule has 1 N–H and O–H groups in total. The van der Waals surface area contributed by atoms with Crippen LogP contribution < -0.4 is 15.6 Å². The normalized spacial score (nSPS) is 11.1. The van der Waals surface area contributed by atoms with Gasteiger partial charge in [-0.15, -0.1) is 0 Å². The van der Waals surface area contributed by atoms with Crippen molar-refractivity contribution in [1.29, 1.82) is 0 Å². The number of nitrogens with zero attached hydrogens (tertiary/aromatic N) is 2. The standard InChI is InChI=1S/C27H27N3O3S/c1-18(2)16-28-25(31)20-9-14-23-24(15-20)29-27(34-17-19-7-5-4-6-8-19)30(26(23)32)21-10-12-22(33-3)13-11-21/h4-15,18H,16-17H2,1-3H3,(H,28,31). The third kappa shape index (κ3) is 5.31. The average Bonchev–Trinajstić information content (AvgIpc) is 2.86. The molecule has 0 aliphatic carbocycles. The van der Waals surface area contributed by atoms with E-state index in [9.17, 15) is 9.59 Å². The summed E-state index contributed by atoms with van der Waals surface area (Å²) in [4.78, 5) is 31.0. The van der Waals surface area contributed by atoms with Gasteiger partial charge in [-0.2, -0.15) is 0 Å². The average molecular weight is 474 g/mol. The van der Waals surface area contributed by atoms with Gasteiger partial charge in [-0.05, 0) is 53.9 Å². The Hall–Kier alpha value is -3.58. The van der Waals surface area contributed by atoms with E-state index in [4.69, 9.17) is 9.72 Å². The second kappa shape index (κ2) is 10.6. The molecule has 0 spiro atoms. The van der Waals surface area contributed by atoms with Gasteiger partial charge >= 0.3 is 0 Å². The van der Waals surface area contributed by atoms with Crippen molar-refractivity contribution in [3.63, 3.8) is 0 Å². The fraction of sp³-hybridized carbons (Fsp3) is 0.222. The molecule has 7 heteroatoms. The summed E-state index contributed by atoms with van der Waals surface area (Å²) in [5.74, 6) is 1.54. The lowest BCUT2D eigenvalue weighted by molar-refractivity contribution is 0.0949. The third-order valence-electron chi connectivity index (χ3n) is 5.31. The van der Waals surface area contributed by atoms with Gasteiger partial charge in [0.05, 0.1) is 23.7 Å². The maximum atomic E-state index is 13.6. The summed E-state index contributed by atoms with van der Waals surface area (Å²) < 4.78 is 6.88. The molecule has 0 aliphatic heterocycles. The molecule has 0 unspecified atom stereocenters. The summed E-state index contributed by atoms with van der Waals surface area (Å²) in [7, 11) is 1.61. The zero-order chi connectivity index (χ0) is 24.1. The lowest BCUT2D eigenvalue weighted by Crippen LogP contribution is -2.27. The highest BCUT2D eigenvalue weighted by Gasteiger charge is 2.16. The van der Waals surface area contributed by atoms with Crippen LogP contribution in [0.15, 0.2) is 82.7 Å². The van der Waals surface area contributed by atoms with Crippen molar-refractivity contribution in [3.8, 4) is 11.4 Å². The summed E-state index contributed by atoms with van der Waals surface area (Å²) >= 11 is 1.48. The smallest absolute Gasteiger partial charge is 0.266 e. The van der Waals surface area contributed by atoms with Crippen LogP contribution in [0.4, 0.5) is 0 Å². The molecule has 1 heterocycles. The van der Waals surface area contributed by atoms with Crippen molar-refractivity contribution in [3.05, 3.63) is 94.3 Å². The number of thioether (sulfide) groups is 1. The Morgan fingerprint density at radius 2 is 1.79 bits per heavy atom. The Morgan fingerprint density at radius 1 is 1.06 bits per heavy atom. The molecule has 4 rings (SSSR count). The Morgan fingerprint density at radius 3 is 2.47 bits per heavy atom. The van der Waals surface area contributed by atoms with Gasteiger partial charge in [0.25, 0.3) is 11.5 Å². The number of aromatic nitrogens is 2. The fourth-order valence-corrected chi connectivity index (χ4v) is 4.45.